The van der Waals surface area contributed by atoms with Gasteiger partial charge in [0.1, 0.15) is 0 Å². The zero-order chi connectivity index (χ0) is 34.8. The molecule has 47 heavy (non-hydrogen) atoms. The van der Waals surface area contributed by atoms with Crippen LogP contribution in [0.25, 0.3) is 6.08 Å². The third-order valence-corrected chi connectivity index (χ3v) is 14.1. The first-order valence-electron chi connectivity index (χ1n) is 19.4. The summed E-state index contributed by atoms with van der Waals surface area (Å²) in [7, 11) is 4.64. The monoisotopic (exact) mass is 644 g/mol. The summed E-state index contributed by atoms with van der Waals surface area (Å²) in [6.07, 6.45) is 13.3. The topological polar surface area (TPSA) is 18.5 Å². The highest BCUT2D eigenvalue weighted by atomic mass is 15.2. The maximum atomic E-state index is 4.78. The number of anilines is 1. The molecule has 1 aromatic carbocycles. The van der Waals surface area contributed by atoms with E-state index in [2.05, 4.69) is 135 Å². The molecule has 6 unspecified atom stereocenters. The molecule has 0 bridgehead atoms. The van der Waals surface area contributed by atoms with E-state index >= 15 is 0 Å². The Morgan fingerprint density at radius 1 is 0.936 bits per heavy atom. The fourth-order valence-electron chi connectivity index (χ4n) is 10.4. The highest BCUT2D eigenvalue weighted by Gasteiger charge is 2.42. The van der Waals surface area contributed by atoms with Crippen LogP contribution in [0.4, 0.5) is 5.69 Å². The number of fused-ring (bicyclic) bond motifs is 1. The molecule has 1 heterocycles. The smallest absolute Gasteiger partial charge is 0.0983 e. The van der Waals surface area contributed by atoms with Gasteiger partial charge in [0.2, 0.25) is 0 Å². The minimum absolute atomic E-state index is 0.274. The number of allylic oxidation sites excluding steroid dienone is 2. The number of hydrogen-bond donors (Lipinski definition) is 1. The van der Waals surface area contributed by atoms with Crippen molar-refractivity contribution in [1.82, 2.24) is 9.80 Å². The van der Waals surface area contributed by atoms with E-state index in [1.54, 1.807) is 0 Å². The van der Waals surface area contributed by atoms with Gasteiger partial charge in [0.05, 0.1) is 5.82 Å². The average molecular weight is 644 g/mol. The lowest BCUT2D eigenvalue weighted by molar-refractivity contribution is 0.0335. The van der Waals surface area contributed by atoms with Gasteiger partial charge < -0.3 is 15.1 Å². The molecule has 2 aliphatic carbocycles. The molecule has 0 spiro atoms. The maximum absolute atomic E-state index is 4.78. The lowest BCUT2D eigenvalue weighted by Crippen LogP contribution is -2.42. The Labute approximate surface area is 291 Å². The van der Waals surface area contributed by atoms with Gasteiger partial charge in [-0.1, -0.05) is 105 Å². The van der Waals surface area contributed by atoms with Crippen LogP contribution >= 0.6 is 0 Å². The van der Waals surface area contributed by atoms with Crippen molar-refractivity contribution in [3.63, 3.8) is 0 Å². The van der Waals surface area contributed by atoms with Crippen molar-refractivity contribution in [3.8, 4) is 0 Å². The molecular formula is C44H73N3. The van der Waals surface area contributed by atoms with E-state index in [0.717, 1.165) is 30.5 Å². The van der Waals surface area contributed by atoms with Gasteiger partial charge in [0, 0.05) is 36.9 Å². The van der Waals surface area contributed by atoms with Gasteiger partial charge in [-0.3, -0.25) is 0 Å². The van der Waals surface area contributed by atoms with Gasteiger partial charge in [-0.25, -0.2) is 0 Å². The Bertz CT molecular complexity index is 1240. The maximum Gasteiger partial charge on any atom is 0.0983 e. The fraction of sp³-hybridized carbons (Fsp3) is 0.727. The van der Waals surface area contributed by atoms with Crippen LogP contribution in [0.15, 0.2) is 48.8 Å². The van der Waals surface area contributed by atoms with Crippen molar-refractivity contribution in [3.05, 3.63) is 60.0 Å². The highest BCUT2D eigenvalue weighted by Crippen LogP contribution is 2.49. The number of benzene rings is 1. The van der Waals surface area contributed by atoms with Crippen LogP contribution < -0.4 is 5.32 Å². The Kier molecular flexibility index (Phi) is 12.6. The molecule has 0 aromatic heterocycles. The summed E-state index contributed by atoms with van der Waals surface area (Å²) in [5.74, 6) is 6.73. The summed E-state index contributed by atoms with van der Waals surface area (Å²) in [6.45, 7) is 35.7. The number of hydrogen-bond acceptors (Lipinski definition) is 3. The summed E-state index contributed by atoms with van der Waals surface area (Å²) in [4.78, 5) is 5.12. The zero-order valence-electron chi connectivity index (χ0n) is 32.7. The van der Waals surface area contributed by atoms with Crippen LogP contribution in [0.2, 0.25) is 0 Å². The van der Waals surface area contributed by atoms with Gasteiger partial charge in [0.25, 0.3) is 0 Å². The van der Waals surface area contributed by atoms with Crippen molar-refractivity contribution in [2.24, 2.45) is 58.7 Å². The van der Waals surface area contributed by atoms with E-state index in [9.17, 15) is 0 Å². The molecule has 3 heteroatoms. The minimum atomic E-state index is 0.274. The highest BCUT2D eigenvalue weighted by molar-refractivity contribution is 5.72. The van der Waals surface area contributed by atoms with E-state index in [-0.39, 0.29) is 5.41 Å². The van der Waals surface area contributed by atoms with Crippen LogP contribution in [-0.2, 0) is 6.42 Å². The number of aryl methyl sites for hydroxylation is 1. The van der Waals surface area contributed by atoms with Crippen LogP contribution in [0.3, 0.4) is 0 Å². The number of rotatable bonds is 6. The first-order chi connectivity index (χ1) is 22.0. The van der Waals surface area contributed by atoms with E-state index in [1.165, 1.54) is 61.0 Å². The van der Waals surface area contributed by atoms with Gasteiger partial charge in [-0.2, -0.15) is 0 Å². The molecule has 1 aliphatic heterocycles. The zero-order valence-corrected chi connectivity index (χ0v) is 32.7. The standard InChI is InChI=1S/C44H73N3/c1-28-22-38(24-40(23-28)47(14)37(10)45-43-21-17-19-39-18-15-16-20-41(39)43)25-42-35(8)33(6)31(4)30(3)32(5)34(7)36(9)46(13)27-29(2)26-44(42,11)12/h16-17,19-21,28-29,31-36,38,40,42,45H,3,10,15,18,22-27H2,1-2,4-9,11-14H3/t28?,29-,31?,32+,33-,34?,35+,36?,38?,40?,42-/m1/s1. The Morgan fingerprint density at radius 2 is 1.62 bits per heavy atom. The number of nitrogens with zero attached hydrogens (tertiary/aromatic N) is 2. The van der Waals surface area contributed by atoms with E-state index in [1.807, 2.05) is 0 Å². The molecule has 2 fully saturated rings. The third-order valence-electron chi connectivity index (χ3n) is 14.1. The molecule has 4 rings (SSSR count). The van der Waals surface area contributed by atoms with Crippen LogP contribution in [-0.4, -0.2) is 42.5 Å². The van der Waals surface area contributed by atoms with Crippen LogP contribution in [0, 0.1) is 58.7 Å². The second kappa shape index (κ2) is 15.7. The fourth-order valence-corrected chi connectivity index (χ4v) is 10.4. The minimum Gasteiger partial charge on any atom is -0.359 e. The Balaban J connectivity index is 1.55. The second-order valence-corrected chi connectivity index (χ2v) is 17.9. The summed E-state index contributed by atoms with van der Waals surface area (Å²) in [6, 6.07) is 7.74. The number of nitrogens with one attached hydrogen (secondary N) is 1. The molecule has 1 N–H and O–H groups in total. The largest absolute Gasteiger partial charge is 0.359 e. The molecule has 0 amide bonds. The van der Waals surface area contributed by atoms with E-state index in [4.69, 9.17) is 6.58 Å². The van der Waals surface area contributed by atoms with Gasteiger partial charge in [0.15, 0.2) is 0 Å². The summed E-state index contributed by atoms with van der Waals surface area (Å²) < 4.78 is 0. The molecule has 3 aliphatic rings. The van der Waals surface area contributed by atoms with Crippen LogP contribution in [0.1, 0.15) is 119 Å². The predicted molar refractivity (Wildman–Crippen MR) is 207 cm³/mol. The Hall–Kier alpha value is -2.00. The van der Waals surface area contributed by atoms with Gasteiger partial charge >= 0.3 is 0 Å². The molecule has 1 aromatic rings. The summed E-state index contributed by atoms with van der Waals surface area (Å²) in [5, 5.41) is 3.74. The van der Waals surface area contributed by atoms with E-state index < -0.39 is 0 Å². The molecule has 1 saturated heterocycles. The lowest BCUT2D eigenvalue weighted by Gasteiger charge is -2.47. The average Bonchev–Trinajstić information content (AvgIpc) is 3.03. The third kappa shape index (κ3) is 8.78. The molecule has 1 saturated carbocycles. The van der Waals surface area contributed by atoms with Crippen molar-refractivity contribution >= 4 is 11.8 Å². The molecule has 11 atom stereocenters. The molecule has 0 radical (unpaired) electrons. The Morgan fingerprint density at radius 3 is 2.32 bits per heavy atom. The van der Waals surface area contributed by atoms with Crippen molar-refractivity contribution in [2.75, 3.05) is 26.0 Å². The predicted octanol–water partition coefficient (Wildman–Crippen LogP) is 11.4. The summed E-state index contributed by atoms with van der Waals surface area (Å²) in [5.41, 5.74) is 5.71. The van der Waals surface area contributed by atoms with E-state index in [0.29, 0.717) is 53.5 Å². The molecule has 264 valence electrons. The quantitative estimate of drug-likeness (QED) is 0.311. The first-order valence-corrected chi connectivity index (χ1v) is 19.4. The normalized spacial score (nSPS) is 37.2. The molecular weight excluding hydrogens is 571 g/mol. The van der Waals surface area contributed by atoms with Gasteiger partial charge in [-0.05, 0) is 129 Å². The molecule has 3 nitrogen and oxygen atoms in total. The SMILES string of the molecule is C=C1C(C)[C@@H](C)[C@H](C)[C@@H](CC2CC(C)CC(N(C)C(=C)Nc3cccc4c3C=CCC4)C2)C(C)(C)C[C@@H](C)CN(C)C(C)C(C)[C@H]1C. The van der Waals surface area contributed by atoms with Crippen molar-refractivity contribution in [1.29, 1.82) is 0 Å². The second-order valence-electron chi connectivity index (χ2n) is 17.9. The lowest BCUT2D eigenvalue weighted by atomic mass is 9.59. The summed E-state index contributed by atoms with van der Waals surface area (Å²) >= 11 is 0. The van der Waals surface area contributed by atoms with Crippen molar-refractivity contribution in [2.45, 2.75) is 126 Å². The van der Waals surface area contributed by atoms with Gasteiger partial charge in [-0.15, -0.1) is 0 Å². The first kappa shape index (κ1) is 37.8. The van der Waals surface area contributed by atoms with Crippen LogP contribution in [0.5, 0.6) is 0 Å². The van der Waals surface area contributed by atoms with Crippen molar-refractivity contribution < 1.29 is 0 Å².